The highest BCUT2D eigenvalue weighted by molar-refractivity contribution is 7.89. The van der Waals surface area contributed by atoms with Crippen LogP contribution in [0.3, 0.4) is 0 Å². The summed E-state index contributed by atoms with van der Waals surface area (Å²) in [5.74, 6) is 0.427. The molecule has 2 aromatic carbocycles. The lowest BCUT2D eigenvalue weighted by Gasteiger charge is -2.25. The van der Waals surface area contributed by atoms with Crippen molar-refractivity contribution in [3.05, 3.63) is 54.1 Å². The van der Waals surface area contributed by atoms with Crippen molar-refractivity contribution in [1.29, 1.82) is 0 Å². The lowest BCUT2D eigenvalue weighted by molar-refractivity contribution is 0.0679. The molecule has 0 aliphatic carbocycles. The number of piperidine rings is 1. The van der Waals surface area contributed by atoms with Gasteiger partial charge in [-0.2, -0.15) is 4.31 Å². The molecular formula is C23H28N2O5S. The molecular weight excluding hydrogens is 416 g/mol. The minimum atomic E-state index is -3.48. The molecule has 166 valence electrons. The second-order valence-electron chi connectivity index (χ2n) is 7.91. The van der Waals surface area contributed by atoms with Crippen LogP contribution in [0.2, 0.25) is 0 Å². The zero-order valence-electron chi connectivity index (χ0n) is 17.5. The van der Waals surface area contributed by atoms with Crippen LogP contribution in [0.5, 0.6) is 5.75 Å². The minimum absolute atomic E-state index is 0.143. The van der Waals surface area contributed by atoms with E-state index in [9.17, 15) is 13.2 Å². The molecule has 8 heteroatoms. The maximum Gasteiger partial charge on any atom is 0.255 e. The molecule has 0 aromatic heterocycles. The molecule has 2 fully saturated rings. The summed E-state index contributed by atoms with van der Waals surface area (Å²) in [7, 11) is -3.48. The van der Waals surface area contributed by atoms with Gasteiger partial charge >= 0.3 is 0 Å². The lowest BCUT2D eigenvalue weighted by Crippen LogP contribution is -2.35. The molecule has 1 atom stereocenters. The van der Waals surface area contributed by atoms with Crippen LogP contribution in [0.25, 0.3) is 0 Å². The Kier molecular flexibility index (Phi) is 6.89. The summed E-state index contributed by atoms with van der Waals surface area (Å²) >= 11 is 0. The summed E-state index contributed by atoms with van der Waals surface area (Å²) in [6.07, 6.45) is 5.08. The number of anilines is 1. The fourth-order valence-electron chi connectivity index (χ4n) is 3.84. The molecule has 0 spiro atoms. The molecule has 4 rings (SSSR count). The summed E-state index contributed by atoms with van der Waals surface area (Å²) in [6, 6.07) is 13.3. The van der Waals surface area contributed by atoms with Gasteiger partial charge in [-0.25, -0.2) is 8.42 Å². The summed E-state index contributed by atoms with van der Waals surface area (Å²) in [5.41, 5.74) is 1.04. The SMILES string of the molecule is O=C(Nc1ccc(S(=O)(=O)N2CCCCC2)cc1)c1ccc(OCC2CCCO2)cc1. The molecule has 2 aromatic rings. The molecule has 0 bridgehead atoms. The molecule has 2 aliphatic heterocycles. The van der Waals surface area contributed by atoms with E-state index in [4.69, 9.17) is 9.47 Å². The number of rotatable bonds is 7. The second-order valence-corrected chi connectivity index (χ2v) is 9.85. The van der Waals surface area contributed by atoms with E-state index in [0.29, 0.717) is 36.7 Å². The topological polar surface area (TPSA) is 84.9 Å². The van der Waals surface area contributed by atoms with Crippen molar-refractivity contribution < 1.29 is 22.7 Å². The minimum Gasteiger partial charge on any atom is -0.491 e. The van der Waals surface area contributed by atoms with Gasteiger partial charge in [0.25, 0.3) is 5.91 Å². The number of sulfonamides is 1. The number of carbonyl (C=O) groups excluding carboxylic acids is 1. The molecule has 7 nitrogen and oxygen atoms in total. The van der Waals surface area contributed by atoms with Crippen LogP contribution in [0, 0.1) is 0 Å². The van der Waals surface area contributed by atoms with Crippen molar-refractivity contribution in [2.24, 2.45) is 0 Å². The standard InChI is InChI=1S/C23H28N2O5S/c26-23(18-6-10-20(11-7-18)30-17-21-5-4-16-29-21)24-19-8-12-22(13-9-19)31(27,28)25-14-2-1-3-15-25/h6-13,21H,1-5,14-17H2,(H,24,26). The molecule has 1 amide bonds. The zero-order valence-corrected chi connectivity index (χ0v) is 18.3. The molecule has 31 heavy (non-hydrogen) atoms. The predicted octanol–water partition coefficient (Wildman–Crippen LogP) is 3.67. The Balaban J connectivity index is 1.33. The van der Waals surface area contributed by atoms with Crippen LogP contribution in [0.1, 0.15) is 42.5 Å². The van der Waals surface area contributed by atoms with Crippen molar-refractivity contribution in [3.63, 3.8) is 0 Å². The van der Waals surface area contributed by atoms with Crippen molar-refractivity contribution in [1.82, 2.24) is 4.31 Å². The first-order valence-corrected chi connectivity index (χ1v) is 12.2. The van der Waals surface area contributed by atoms with E-state index >= 15 is 0 Å². The molecule has 2 heterocycles. The fourth-order valence-corrected chi connectivity index (χ4v) is 5.35. The van der Waals surface area contributed by atoms with Crippen LogP contribution in [0.4, 0.5) is 5.69 Å². The highest BCUT2D eigenvalue weighted by Crippen LogP contribution is 2.22. The van der Waals surface area contributed by atoms with Gasteiger partial charge in [-0.1, -0.05) is 6.42 Å². The normalized spacial score (nSPS) is 19.8. The van der Waals surface area contributed by atoms with Gasteiger partial charge in [0.2, 0.25) is 10.0 Å². The highest BCUT2D eigenvalue weighted by atomic mass is 32.2. The third-order valence-electron chi connectivity index (χ3n) is 5.64. The number of hydrogen-bond acceptors (Lipinski definition) is 5. The fraction of sp³-hybridized carbons (Fsp3) is 0.435. The number of nitrogens with one attached hydrogen (secondary N) is 1. The van der Waals surface area contributed by atoms with Crippen molar-refractivity contribution in [2.75, 3.05) is 31.6 Å². The smallest absolute Gasteiger partial charge is 0.255 e. The van der Waals surface area contributed by atoms with Gasteiger partial charge in [-0.3, -0.25) is 4.79 Å². The van der Waals surface area contributed by atoms with E-state index in [1.807, 2.05) is 0 Å². The summed E-state index contributed by atoms with van der Waals surface area (Å²) in [4.78, 5) is 12.8. The van der Waals surface area contributed by atoms with Gasteiger partial charge < -0.3 is 14.8 Å². The Morgan fingerprint density at radius 1 is 1.00 bits per heavy atom. The van der Waals surface area contributed by atoms with Crippen LogP contribution < -0.4 is 10.1 Å². The first kappa shape index (κ1) is 21.8. The number of ether oxygens (including phenoxy) is 2. The number of benzene rings is 2. The van der Waals surface area contributed by atoms with E-state index < -0.39 is 10.0 Å². The van der Waals surface area contributed by atoms with E-state index in [2.05, 4.69) is 5.32 Å². The summed E-state index contributed by atoms with van der Waals surface area (Å²) in [5, 5.41) is 2.80. The molecule has 0 saturated carbocycles. The third-order valence-corrected chi connectivity index (χ3v) is 7.55. The lowest BCUT2D eigenvalue weighted by atomic mass is 10.2. The number of nitrogens with zero attached hydrogens (tertiary/aromatic N) is 1. The van der Waals surface area contributed by atoms with E-state index in [0.717, 1.165) is 38.7 Å². The van der Waals surface area contributed by atoms with Gasteiger partial charge in [0.05, 0.1) is 11.0 Å². The number of hydrogen-bond donors (Lipinski definition) is 1. The van der Waals surface area contributed by atoms with Gasteiger partial charge in [0.15, 0.2) is 0 Å². The average molecular weight is 445 g/mol. The van der Waals surface area contributed by atoms with Crippen LogP contribution >= 0.6 is 0 Å². The van der Waals surface area contributed by atoms with Crippen molar-refractivity contribution in [2.45, 2.75) is 43.1 Å². The number of carbonyl (C=O) groups is 1. The average Bonchev–Trinajstić information content (AvgIpc) is 3.33. The van der Waals surface area contributed by atoms with Crippen LogP contribution in [-0.2, 0) is 14.8 Å². The third kappa shape index (κ3) is 5.44. The highest BCUT2D eigenvalue weighted by Gasteiger charge is 2.25. The Labute approximate surface area is 183 Å². The van der Waals surface area contributed by atoms with Gasteiger partial charge in [-0.15, -0.1) is 0 Å². The molecule has 0 radical (unpaired) electrons. The van der Waals surface area contributed by atoms with Gasteiger partial charge in [-0.05, 0) is 74.2 Å². The maximum absolute atomic E-state index is 12.7. The summed E-state index contributed by atoms with van der Waals surface area (Å²) in [6.45, 7) is 2.43. The van der Waals surface area contributed by atoms with Crippen molar-refractivity contribution in [3.8, 4) is 5.75 Å². The van der Waals surface area contributed by atoms with Gasteiger partial charge in [0.1, 0.15) is 12.4 Å². The Hall–Kier alpha value is -2.42. The summed E-state index contributed by atoms with van der Waals surface area (Å²) < 4.78 is 38.3. The Bertz CT molecular complexity index is 978. The Morgan fingerprint density at radius 3 is 2.35 bits per heavy atom. The van der Waals surface area contributed by atoms with Crippen molar-refractivity contribution >= 4 is 21.6 Å². The van der Waals surface area contributed by atoms with Crippen LogP contribution in [0.15, 0.2) is 53.4 Å². The van der Waals surface area contributed by atoms with E-state index in [1.165, 1.54) is 4.31 Å². The van der Waals surface area contributed by atoms with E-state index in [-0.39, 0.29) is 16.9 Å². The largest absolute Gasteiger partial charge is 0.491 e. The molecule has 2 saturated heterocycles. The maximum atomic E-state index is 12.7. The number of amides is 1. The second kappa shape index (κ2) is 9.80. The first-order chi connectivity index (χ1) is 15.0. The zero-order chi connectivity index (χ0) is 21.7. The molecule has 1 unspecified atom stereocenters. The van der Waals surface area contributed by atoms with Crippen LogP contribution in [-0.4, -0.2) is 51.0 Å². The monoisotopic (exact) mass is 444 g/mol. The molecule has 2 aliphatic rings. The first-order valence-electron chi connectivity index (χ1n) is 10.8. The Morgan fingerprint density at radius 2 is 1.71 bits per heavy atom. The van der Waals surface area contributed by atoms with Gasteiger partial charge in [0, 0.05) is 30.9 Å². The quantitative estimate of drug-likeness (QED) is 0.704. The van der Waals surface area contributed by atoms with E-state index in [1.54, 1.807) is 48.5 Å². The predicted molar refractivity (Wildman–Crippen MR) is 118 cm³/mol. The molecule has 1 N–H and O–H groups in total.